The highest BCUT2D eigenvalue weighted by atomic mass is 16.5. The standard InChI is InChI=1S/C14H20N2O/c15-14-12-4-2-1-3-11(12)5-6-13(14)16-7-9-17-10-8-16/h1-4,13-14H,5-10,15H2. The first-order valence-electron chi connectivity index (χ1n) is 6.51. The molecule has 92 valence electrons. The van der Waals surface area contributed by atoms with E-state index in [-0.39, 0.29) is 6.04 Å². The number of hydrogen-bond donors (Lipinski definition) is 1. The number of hydrogen-bond acceptors (Lipinski definition) is 3. The van der Waals surface area contributed by atoms with Crippen molar-refractivity contribution >= 4 is 0 Å². The lowest BCUT2D eigenvalue weighted by Crippen LogP contribution is -2.50. The molecule has 1 aromatic carbocycles. The van der Waals surface area contributed by atoms with Gasteiger partial charge in [-0.1, -0.05) is 24.3 Å². The number of nitrogens with zero attached hydrogens (tertiary/aromatic N) is 1. The van der Waals surface area contributed by atoms with Gasteiger partial charge in [-0.3, -0.25) is 4.90 Å². The van der Waals surface area contributed by atoms with Crippen LogP contribution in [0.5, 0.6) is 0 Å². The Bertz CT molecular complexity index is 388. The van der Waals surface area contributed by atoms with E-state index < -0.39 is 0 Å². The Morgan fingerprint density at radius 2 is 1.94 bits per heavy atom. The van der Waals surface area contributed by atoms with Crippen molar-refractivity contribution in [3.05, 3.63) is 35.4 Å². The maximum absolute atomic E-state index is 6.44. The zero-order valence-electron chi connectivity index (χ0n) is 10.1. The zero-order chi connectivity index (χ0) is 11.7. The van der Waals surface area contributed by atoms with Crippen LogP contribution in [0.25, 0.3) is 0 Å². The van der Waals surface area contributed by atoms with Crippen LogP contribution in [-0.4, -0.2) is 37.2 Å². The Morgan fingerprint density at radius 3 is 2.76 bits per heavy atom. The first-order chi connectivity index (χ1) is 8.36. The predicted molar refractivity (Wildman–Crippen MR) is 67.9 cm³/mol. The predicted octanol–water partition coefficient (Wildman–Crippen LogP) is 1.33. The molecule has 17 heavy (non-hydrogen) atoms. The summed E-state index contributed by atoms with van der Waals surface area (Å²) in [5, 5.41) is 0. The van der Waals surface area contributed by atoms with E-state index in [4.69, 9.17) is 10.5 Å². The largest absolute Gasteiger partial charge is 0.379 e. The van der Waals surface area contributed by atoms with E-state index in [0.717, 1.165) is 32.7 Å². The van der Waals surface area contributed by atoms with Gasteiger partial charge in [0.05, 0.1) is 13.2 Å². The van der Waals surface area contributed by atoms with Crippen molar-refractivity contribution in [1.82, 2.24) is 4.90 Å². The van der Waals surface area contributed by atoms with Crippen LogP contribution in [-0.2, 0) is 11.2 Å². The summed E-state index contributed by atoms with van der Waals surface area (Å²) in [4.78, 5) is 2.50. The minimum atomic E-state index is 0.165. The molecule has 3 rings (SSSR count). The average molecular weight is 232 g/mol. The number of fused-ring (bicyclic) bond motifs is 1. The molecule has 1 saturated heterocycles. The molecule has 2 N–H and O–H groups in total. The molecule has 0 spiro atoms. The van der Waals surface area contributed by atoms with Crippen molar-refractivity contribution in [3.63, 3.8) is 0 Å². The topological polar surface area (TPSA) is 38.5 Å². The summed E-state index contributed by atoms with van der Waals surface area (Å²) in [7, 11) is 0. The maximum Gasteiger partial charge on any atom is 0.0594 e. The van der Waals surface area contributed by atoms with E-state index in [1.807, 2.05) is 0 Å². The molecule has 2 unspecified atom stereocenters. The Balaban J connectivity index is 1.81. The second-order valence-electron chi connectivity index (χ2n) is 4.98. The van der Waals surface area contributed by atoms with Crippen molar-refractivity contribution in [1.29, 1.82) is 0 Å². The fraction of sp³-hybridized carbons (Fsp3) is 0.571. The summed E-state index contributed by atoms with van der Waals surface area (Å²) in [6.45, 7) is 3.76. The molecular weight excluding hydrogens is 212 g/mol. The fourth-order valence-electron chi connectivity index (χ4n) is 3.10. The first kappa shape index (κ1) is 11.2. The van der Waals surface area contributed by atoms with Gasteiger partial charge in [0.2, 0.25) is 0 Å². The Kier molecular flexibility index (Phi) is 3.14. The second-order valence-corrected chi connectivity index (χ2v) is 4.98. The van der Waals surface area contributed by atoms with Crippen molar-refractivity contribution in [3.8, 4) is 0 Å². The molecular formula is C14H20N2O. The molecule has 3 heteroatoms. The van der Waals surface area contributed by atoms with Gasteiger partial charge in [-0.05, 0) is 24.0 Å². The van der Waals surface area contributed by atoms with Crippen LogP contribution in [0.4, 0.5) is 0 Å². The van der Waals surface area contributed by atoms with Crippen LogP contribution in [0.1, 0.15) is 23.6 Å². The highest BCUT2D eigenvalue weighted by Crippen LogP contribution is 2.31. The monoisotopic (exact) mass is 232 g/mol. The van der Waals surface area contributed by atoms with Crippen molar-refractivity contribution in [2.24, 2.45) is 5.73 Å². The summed E-state index contributed by atoms with van der Waals surface area (Å²) in [6, 6.07) is 9.27. The van der Waals surface area contributed by atoms with Gasteiger partial charge in [0.1, 0.15) is 0 Å². The summed E-state index contributed by atoms with van der Waals surface area (Å²) in [5.41, 5.74) is 9.22. The van der Waals surface area contributed by atoms with Gasteiger partial charge in [-0.2, -0.15) is 0 Å². The SMILES string of the molecule is NC1c2ccccc2CCC1N1CCOCC1. The van der Waals surface area contributed by atoms with Crippen LogP contribution in [0.15, 0.2) is 24.3 Å². The lowest BCUT2D eigenvalue weighted by molar-refractivity contribution is 0.00732. The van der Waals surface area contributed by atoms with Crippen LogP contribution in [0, 0.1) is 0 Å². The molecule has 1 aromatic rings. The number of aryl methyl sites for hydroxylation is 1. The van der Waals surface area contributed by atoms with Gasteiger partial charge in [-0.15, -0.1) is 0 Å². The maximum atomic E-state index is 6.44. The van der Waals surface area contributed by atoms with Crippen LogP contribution < -0.4 is 5.73 Å². The highest BCUT2D eigenvalue weighted by molar-refractivity contribution is 5.33. The third kappa shape index (κ3) is 2.10. The van der Waals surface area contributed by atoms with Gasteiger partial charge < -0.3 is 10.5 Å². The molecule has 2 atom stereocenters. The van der Waals surface area contributed by atoms with Crippen molar-refractivity contribution < 1.29 is 4.74 Å². The van der Waals surface area contributed by atoms with E-state index in [2.05, 4.69) is 29.2 Å². The fourth-order valence-corrected chi connectivity index (χ4v) is 3.10. The average Bonchev–Trinajstić information content (AvgIpc) is 2.40. The number of nitrogens with two attached hydrogens (primary N) is 1. The van der Waals surface area contributed by atoms with E-state index >= 15 is 0 Å². The number of morpholine rings is 1. The van der Waals surface area contributed by atoms with Gasteiger partial charge in [0, 0.05) is 25.2 Å². The summed E-state index contributed by atoms with van der Waals surface area (Å²) < 4.78 is 5.41. The van der Waals surface area contributed by atoms with Crippen LogP contribution >= 0.6 is 0 Å². The summed E-state index contributed by atoms with van der Waals surface area (Å²) in [6.07, 6.45) is 2.34. The smallest absolute Gasteiger partial charge is 0.0594 e. The lowest BCUT2D eigenvalue weighted by atomic mass is 9.83. The first-order valence-corrected chi connectivity index (χ1v) is 6.51. The molecule has 1 aliphatic carbocycles. The molecule has 2 aliphatic rings. The molecule has 0 amide bonds. The van der Waals surface area contributed by atoms with Crippen molar-refractivity contribution in [2.75, 3.05) is 26.3 Å². The number of rotatable bonds is 1. The van der Waals surface area contributed by atoms with Gasteiger partial charge in [0.15, 0.2) is 0 Å². The Labute approximate surface area is 103 Å². The normalized spacial score (nSPS) is 29.9. The third-order valence-electron chi connectivity index (χ3n) is 4.05. The number of ether oxygens (including phenoxy) is 1. The van der Waals surface area contributed by atoms with Gasteiger partial charge >= 0.3 is 0 Å². The number of benzene rings is 1. The van der Waals surface area contributed by atoms with Crippen LogP contribution in [0.3, 0.4) is 0 Å². The molecule has 0 saturated carbocycles. The summed E-state index contributed by atoms with van der Waals surface area (Å²) >= 11 is 0. The molecule has 0 radical (unpaired) electrons. The second kappa shape index (κ2) is 4.77. The van der Waals surface area contributed by atoms with E-state index in [0.29, 0.717) is 6.04 Å². The minimum absolute atomic E-state index is 0.165. The minimum Gasteiger partial charge on any atom is -0.379 e. The zero-order valence-corrected chi connectivity index (χ0v) is 10.1. The van der Waals surface area contributed by atoms with E-state index in [9.17, 15) is 0 Å². The van der Waals surface area contributed by atoms with Gasteiger partial charge in [0.25, 0.3) is 0 Å². The van der Waals surface area contributed by atoms with Gasteiger partial charge in [-0.25, -0.2) is 0 Å². The molecule has 0 aromatic heterocycles. The third-order valence-corrected chi connectivity index (χ3v) is 4.05. The molecule has 1 fully saturated rings. The quantitative estimate of drug-likeness (QED) is 0.794. The molecule has 3 nitrogen and oxygen atoms in total. The molecule has 1 aliphatic heterocycles. The van der Waals surface area contributed by atoms with E-state index in [1.165, 1.54) is 17.5 Å². The lowest BCUT2D eigenvalue weighted by Gasteiger charge is -2.41. The Morgan fingerprint density at radius 1 is 1.18 bits per heavy atom. The molecule has 0 bridgehead atoms. The summed E-state index contributed by atoms with van der Waals surface area (Å²) in [5.74, 6) is 0. The Hall–Kier alpha value is -0.900. The highest BCUT2D eigenvalue weighted by Gasteiger charge is 2.31. The molecule has 1 heterocycles. The van der Waals surface area contributed by atoms with Crippen molar-refractivity contribution in [2.45, 2.75) is 24.9 Å². The van der Waals surface area contributed by atoms with Crippen LogP contribution in [0.2, 0.25) is 0 Å². The van der Waals surface area contributed by atoms with E-state index in [1.54, 1.807) is 0 Å².